The number of H-pyrrole nitrogens is 1. The number of rotatable bonds is 8. The van der Waals surface area contributed by atoms with Crippen LogP contribution in [-0.2, 0) is 12.1 Å². The van der Waals surface area contributed by atoms with Crippen LogP contribution >= 0.6 is 0 Å². The summed E-state index contributed by atoms with van der Waals surface area (Å²) in [6, 6.07) is 15.2. The SMILES string of the molecule is CCN(Cc1ccccc1)[C@H](c1cc2cc(OC)c(OC)cc2[nH]c1=O)c1nnnn1C(C)(C)C. The molecule has 9 heteroatoms. The Bertz CT molecular complexity index is 1360. The molecule has 9 nitrogen and oxygen atoms in total. The predicted octanol–water partition coefficient (Wildman–Crippen LogP) is 3.90. The summed E-state index contributed by atoms with van der Waals surface area (Å²) in [6.45, 7) is 9.50. The molecule has 0 aliphatic rings. The summed E-state index contributed by atoms with van der Waals surface area (Å²) < 4.78 is 12.7. The highest BCUT2D eigenvalue weighted by Gasteiger charge is 2.33. The van der Waals surface area contributed by atoms with E-state index in [2.05, 4.69) is 44.5 Å². The Morgan fingerprint density at radius 3 is 2.37 bits per heavy atom. The van der Waals surface area contributed by atoms with Crippen LogP contribution in [0.1, 0.15) is 50.7 Å². The largest absolute Gasteiger partial charge is 0.493 e. The molecule has 0 saturated heterocycles. The third kappa shape index (κ3) is 4.90. The molecule has 0 bridgehead atoms. The average Bonchev–Trinajstić information content (AvgIpc) is 3.34. The first-order valence-corrected chi connectivity index (χ1v) is 11.6. The van der Waals surface area contributed by atoms with Crippen LogP contribution in [0.5, 0.6) is 11.5 Å². The lowest BCUT2D eigenvalue weighted by atomic mass is 10.0. The molecule has 0 unspecified atom stereocenters. The summed E-state index contributed by atoms with van der Waals surface area (Å²) in [4.78, 5) is 18.8. The lowest BCUT2D eigenvalue weighted by molar-refractivity contribution is 0.202. The summed E-state index contributed by atoms with van der Waals surface area (Å²) in [5.41, 5.74) is 1.78. The van der Waals surface area contributed by atoms with Crippen LogP contribution in [0, 0.1) is 0 Å². The van der Waals surface area contributed by atoms with Crippen LogP contribution in [0.3, 0.4) is 0 Å². The van der Waals surface area contributed by atoms with Gasteiger partial charge >= 0.3 is 0 Å². The molecule has 0 spiro atoms. The molecule has 4 aromatic rings. The van der Waals surface area contributed by atoms with Gasteiger partial charge in [-0.3, -0.25) is 9.69 Å². The van der Waals surface area contributed by atoms with Gasteiger partial charge in [0.2, 0.25) is 0 Å². The Morgan fingerprint density at radius 1 is 1.06 bits per heavy atom. The Morgan fingerprint density at radius 2 is 1.74 bits per heavy atom. The van der Waals surface area contributed by atoms with Crippen molar-refractivity contribution in [2.45, 2.75) is 45.8 Å². The molecule has 184 valence electrons. The summed E-state index contributed by atoms with van der Waals surface area (Å²) in [6.07, 6.45) is 0. The molecule has 35 heavy (non-hydrogen) atoms. The number of ether oxygens (including phenoxy) is 2. The van der Waals surface area contributed by atoms with Crippen molar-refractivity contribution in [3.63, 3.8) is 0 Å². The zero-order chi connectivity index (χ0) is 25.2. The molecule has 0 amide bonds. The van der Waals surface area contributed by atoms with Crippen molar-refractivity contribution < 1.29 is 9.47 Å². The number of methoxy groups -OCH3 is 2. The van der Waals surface area contributed by atoms with E-state index in [0.717, 1.165) is 10.9 Å². The minimum Gasteiger partial charge on any atom is -0.493 e. The van der Waals surface area contributed by atoms with Gasteiger partial charge in [-0.05, 0) is 55.4 Å². The van der Waals surface area contributed by atoms with Gasteiger partial charge in [0.05, 0.1) is 25.3 Å². The second-order valence-corrected chi connectivity index (χ2v) is 9.42. The van der Waals surface area contributed by atoms with E-state index in [1.807, 2.05) is 51.1 Å². The van der Waals surface area contributed by atoms with Crippen molar-refractivity contribution in [3.8, 4) is 11.5 Å². The van der Waals surface area contributed by atoms with Crippen LogP contribution in [0.4, 0.5) is 0 Å². The second kappa shape index (κ2) is 9.87. The zero-order valence-electron chi connectivity index (χ0n) is 21.1. The van der Waals surface area contributed by atoms with Crippen LogP contribution in [0.25, 0.3) is 10.9 Å². The van der Waals surface area contributed by atoms with Crippen LogP contribution in [0.2, 0.25) is 0 Å². The van der Waals surface area contributed by atoms with E-state index < -0.39 is 6.04 Å². The lowest BCUT2D eigenvalue weighted by Crippen LogP contribution is -2.37. The highest BCUT2D eigenvalue weighted by Crippen LogP contribution is 2.34. The summed E-state index contributed by atoms with van der Waals surface area (Å²) >= 11 is 0. The quantitative estimate of drug-likeness (QED) is 0.412. The molecular formula is C26H32N6O3. The maximum Gasteiger partial charge on any atom is 0.253 e. The molecule has 4 rings (SSSR count). The van der Waals surface area contributed by atoms with E-state index in [9.17, 15) is 4.79 Å². The molecular weight excluding hydrogens is 444 g/mol. The van der Waals surface area contributed by atoms with Crippen molar-refractivity contribution >= 4 is 10.9 Å². The average molecular weight is 477 g/mol. The maximum absolute atomic E-state index is 13.5. The van der Waals surface area contributed by atoms with Gasteiger partial charge in [0, 0.05) is 23.6 Å². The third-order valence-electron chi connectivity index (χ3n) is 6.05. The fraction of sp³-hybridized carbons (Fsp3) is 0.385. The van der Waals surface area contributed by atoms with E-state index in [0.29, 0.717) is 41.5 Å². The maximum atomic E-state index is 13.5. The fourth-order valence-electron chi connectivity index (χ4n) is 4.30. The number of nitrogens with one attached hydrogen (secondary N) is 1. The minimum atomic E-state index is -0.476. The van der Waals surface area contributed by atoms with Gasteiger partial charge in [-0.2, -0.15) is 0 Å². The summed E-state index contributed by atoms with van der Waals surface area (Å²) in [7, 11) is 3.16. The number of tetrazole rings is 1. The molecule has 1 N–H and O–H groups in total. The standard InChI is InChI=1S/C26H32N6O3/c1-7-31(16-17-11-9-8-10-12-17)23(24-28-29-30-32(24)26(2,3)4)19-13-18-14-21(34-5)22(35-6)15-20(18)27-25(19)33/h8-15,23H,7,16H2,1-6H3,(H,27,33)/t23-/m1/s1. The molecule has 0 aliphatic heterocycles. The van der Waals surface area contributed by atoms with Gasteiger partial charge in [0.25, 0.3) is 5.56 Å². The van der Waals surface area contributed by atoms with Gasteiger partial charge in [0.1, 0.15) is 6.04 Å². The highest BCUT2D eigenvalue weighted by atomic mass is 16.5. The van der Waals surface area contributed by atoms with E-state index in [4.69, 9.17) is 9.47 Å². The van der Waals surface area contributed by atoms with Crippen LogP contribution in [0.15, 0.2) is 53.3 Å². The molecule has 2 aromatic carbocycles. The smallest absolute Gasteiger partial charge is 0.253 e. The summed E-state index contributed by atoms with van der Waals surface area (Å²) in [5, 5.41) is 13.5. The molecule has 0 fully saturated rings. The molecule has 0 aliphatic carbocycles. The Hall–Kier alpha value is -3.72. The first-order chi connectivity index (χ1) is 16.8. The van der Waals surface area contributed by atoms with E-state index >= 15 is 0 Å². The monoisotopic (exact) mass is 476 g/mol. The van der Waals surface area contributed by atoms with Crippen LogP contribution < -0.4 is 15.0 Å². The topological polar surface area (TPSA) is 98.2 Å². The number of hydrogen-bond donors (Lipinski definition) is 1. The first kappa shape index (κ1) is 24.4. The molecule has 0 radical (unpaired) electrons. The zero-order valence-corrected chi connectivity index (χ0v) is 21.1. The Balaban J connectivity index is 1.93. The van der Waals surface area contributed by atoms with Gasteiger partial charge in [0.15, 0.2) is 17.3 Å². The Labute approximate surface area is 204 Å². The lowest BCUT2D eigenvalue weighted by Gasteiger charge is -2.32. The van der Waals surface area contributed by atoms with E-state index in [1.165, 1.54) is 0 Å². The number of pyridine rings is 1. The van der Waals surface area contributed by atoms with Crippen molar-refractivity contribution in [1.82, 2.24) is 30.1 Å². The number of benzene rings is 2. The number of aromatic nitrogens is 5. The number of nitrogens with zero attached hydrogens (tertiary/aromatic N) is 5. The van der Waals surface area contributed by atoms with Crippen LogP contribution in [-0.4, -0.2) is 50.9 Å². The number of hydrogen-bond acceptors (Lipinski definition) is 7. The van der Waals surface area contributed by atoms with Gasteiger partial charge in [-0.25, -0.2) is 4.68 Å². The van der Waals surface area contributed by atoms with Gasteiger partial charge < -0.3 is 14.5 Å². The van der Waals surface area contributed by atoms with E-state index in [-0.39, 0.29) is 11.1 Å². The second-order valence-electron chi connectivity index (χ2n) is 9.42. The van der Waals surface area contributed by atoms with E-state index in [1.54, 1.807) is 25.0 Å². The number of fused-ring (bicyclic) bond motifs is 1. The molecule has 1 atom stereocenters. The van der Waals surface area contributed by atoms with Gasteiger partial charge in [-0.15, -0.1) is 5.10 Å². The highest BCUT2D eigenvalue weighted by molar-refractivity contribution is 5.83. The van der Waals surface area contributed by atoms with Crippen molar-refractivity contribution in [2.75, 3.05) is 20.8 Å². The minimum absolute atomic E-state index is 0.204. The summed E-state index contributed by atoms with van der Waals surface area (Å²) in [5.74, 6) is 1.75. The van der Waals surface area contributed by atoms with Crippen molar-refractivity contribution in [2.24, 2.45) is 0 Å². The third-order valence-corrected chi connectivity index (χ3v) is 6.05. The predicted molar refractivity (Wildman–Crippen MR) is 135 cm³/mol. The normalized spacial score (nSPS) is 12.8. The fourth-order valence-corrected chi connectivity index (χ4v) is 4.30. The Kier molecular flexibility index (Phi) is 6.88. The van der Waals surface area contributed by atoms with Crippen molar-refractivity contribution in [1.29, 1.82) is 0 Å². The molecule has 0 saturated carbocycles. The number of aromatic amines is 1. The molecule has 2 aromatic heterocycles. The molecule has 2 heterocycles. The van der Waals surface area contributed by atoms with Crippen molar-refractivity contribution in [3.05, 3.63) is 75.8 Å². The first-order valence-electron chi connectivity index (χ1n) is 11.6. The van der Waals surface area contributed by atoms with Gasteiger partial charge in [-0.1, -0.05) is 37.3 Å².